The summed E-state index contributed by atoms with van der Waals surface area (Å²) in [6.45, 7) is 9.17. The maximum Gasteiger partial charge on any atom is 0.289 e. The van der Waals surface area contributed by atoms with E-state index in [9.17, 15) is 4.79 Å². The van der Waals surface area contributed by atoms with Gasteiger partial charge in [0.15, 0.2) is 5.76 Å². The zero-order valence-corrected chi connectivity index (χ0v) is 15.6. The summed E-state index contributed by atoms with van der Waals surface area (Å²) in [5, 5.41) is 0. The number of likely N-dealkylation sites (N-methyl/N-ethyl adjacent to an activating group) is 2. The fourth-order valence-corrected chi connectivity index (χ4v) is 3.51. The van der Waals surface area contributed by atoms with Crippen molar-refractivity contribution in [2.24, 2.45) is 0 Å². The molecule has 0 unspecified atom stereocenters. The normalized spacial score (nSPS) is 22.9. The molecular weight excluding hydrogens is 318 g/mol. The van der Waals surface area contributed by atoms with Gasteiger partial charge in [-0.25, -0.2) is 0 Å². The van der Waals surface area contributed by atoms with E-state index in [1.54, 1.807) is 0 Å². The topological polar surface area (TPSA) is 49.2 Å². The van der Waals surface area contributed by atoms with Crippen LogP contribution in [0.4, 0.5) is 0 Å². The average Bonchev–Trinajstić information content (AvgIpc) is 3.10. The van der Waals surface area contributed by atoms with E-state index in [0.29, 0.717) is 18.8 Å². The van der Waals surface area contributed by atoms with Crippen LogP contribution in [0.2, 0.25) is 0 Å². The highest BCUT2D eigenvalue weighted by molar-refractivity contribution is 5.91. The first-order valence-corrected chi connectivity index (χ1v) is 9.56. The van der Waals surface area contributed by atoms with Gasteiger partial charge in [-0.05, 0) is 45.4 Å². The van der Waals surface area contributed by atoms with Crippen molar-refractivity contribution in [2.75, 3.05) is 52.9 Å². The molecule has 1 amide bonds. The summed E-state index contributed by atoms with van der Waals surface area (Å²) in [6, 6.07) is 3.76. The molecule has 0 saturated carbocycles. The largest absolute Gasteiger partial charge is 0.455 e. The average molecular weight is 349 g/mol. The Bertz CT molecular complexity index is 546. The predicted molar refractivity (Wildman–Crippen MR) is 96.7 cm³/mol. The number of piperazine rings is 1. The molecule has 2 fully saturated rings. The molecule has 6 nitrogen and oxygen atoms in total. The molecule has 1 aromatic rings. The lowest BCUT2D eigenvalue weighted by Crippen LogP contribution is -2.43. The van der Waals surface area contributed by atoms with Crippen molar-refractivity contribution in [1.29, 1.82) is 0 Å². The van der Waals surface area contributed by atoms with Gasteiger partial charge in [-0.1, -0.05) is 0 Å². The zero-order chi connectivity index (χ0) is 17.6. The van der Waals surface area contributed by atoms with Gasteiger partial charge >= 0.3 is 0 Å². The van der Waals surface area contributed by atoms with Crippen molar-refractivity contribution < 1.29 is 13.9 Å². The molecule has 25 heavy (non-hydrogen) atoms. The van der Waals surface area contributed by atoms with E-state index in [-0.39, 0.29) is 12.0 Å². The Morgan fingerprint density at radius 2 is 2.04 bits per heavy atom. The molecule has 2 saturated heterocycles. The molecule has 3 heterocycles. The summed E-state index contributed by atoms with van der Waals surface area (Å²) in [6.07, 6.45) is 3.52. The highest BCUT2D eigenvalue weighted by Crippen LogP contribution is 2.17. The van der Waals surface area contributed by atoms with Crippen LogP contribution in [-0.4, -0.2) is 79.6 Å². The zero-order valence-electron chi connectivity index (χ0n) is 15.6. The van der Waals surface area contributed by atoms with Crippen LogP contribution >= 0.6 is 0 Å². The first-order valence-electron chi connectivity index (χ1n) is 9.56. The van der Waals surface area contributed by atoms with Gasteiger partial charge in [0.2, 0.25) is 0 Å². The summed E-state index contributed by atoms with van der Waals surface area (Å²) in [7, 11) is 2.15. The molecule has 0 N–H and O–H groups in total. The predicted octanol–water partition coefficient (Wildman–Crippen LogP) is 2.06. The second-order valence-electron chi connectivity index (χ2n) is 7.18. The van der Waals surface area contributed by atoms with Crippen molar-refractivity contribution in [3.05, 3.63) is 23.7 Å². The Labute approximate surface area is 150 Å². The van der Waals surface area contributed by atoms with Gasteiger partial charge in [0.1, 0.15) is 5.76 Å². The van der Waals surface area contributed by atoms with E-state index in [2.05, 4.69) is 16.8 Å². The SMILES string of the molecule is CCN(C[C@@H]1CCCCO1)C(=O)c1ccc(CN2CCN(C)CC2)o1. The van der Waals surface area contributed by atoms with Crippen LogP contribution in [0.1, 0.15) is 42.5 Å². The Hall–Kier alpha value is -1.37. The van der Waals surface area contributed by atoms with E-state index in [0.717, 1.165) is 57.9 Å². The molecule has 6 heteroatoms. The summed E-state index contributed by atoms with van der Waals surface area (Å²) in [5.74, 6) is 1.29. The van der Waals surface area contributed by atoms with Gasteiger partial charge in [0.25, 0.3) is 5.91 Å². The van der Waals surface area contributed by atoms with Crippen LogP contribution in [-0.2, 0) is 11.3 Å². The molecule has 2 aliphatic heterocycles. The third-order valence-electron chi connectivity index (χ3n) is 5.21. The summed E-state index contributed by atoms with van der Waals surface area (Å²) in [4.78, 5) is 19.3. The van der Waals surface area contributed by atoms with Crippen molar-refractivity contribution >= 4 is 5.91 Å². The van der Waals surface area contributed by atoms with Crippen molar-refractivity contribution in [3.8, 4) is 0 Å². The smallest absolute Gasteiger partial charge is 0.289 e. The van der Waals surface area contributed by atoms with Crippen molar-refractivity contribution in [1.82, 2.24) is 14.7 Å². The fraction of sp³-hybridized carbons (Fsp3) is 0.737. The number of hydrogen-bond donors (Lipinski definition) is 0. The van der Waals surface area contributed by atoms with Gasteiger partial charge in [-0.15, -0.1) is 0 Å². The summed E-state index contributed by atoms with van der Waals surface area (Å²) < 4.78 is 11.6. The van der Waals surface area contributed by atoms with Gasteiger partial charge < -0.3 is 19.0 Å². The van der Waals surface area contributed by atoms with Gasteiger partial charge in [0, 0.05) is 45.9 Å². The van der Waals surface area contributed by atoms with Gasteiger partial charge in [-0.3, -0.25) is 9.69 Å². The number of nitrogens with zero attached hydrogens (tertiary/aromatic N) is 3. The lowest BCUT2D eigenvalue weighted by Gasteiger charge is -2.31. The Morgan fingerprint density at radius 3 is 2.72 bits per heavy atom. The third-order valence-corrected chi connectivity index (χ3v) is 5.21. The molecule has 0 aliphatic carbocycles. The van der Waals surface area contributed by atoms with Crippen molar-refractivity contribution in [3.63, 3.8) is 0 Å². The quantitative estimate of drug-likeness (QED) is 0.787. The van der Waals surface area contributed by atoms with E-state index in [4.69, 9.17) is 9.15 Å². The van der Waals surface area contributed by atoms with E-state index in [1.807, 2.05) is 24.0 Å². The van der Waals surface area contributed by atoms with Gasteiger partial charge in [-0.2, -0.15) is 0 Å². The van der Waals surface area contributed by atoms with Crippen LogP contribution in [0.15, 0.2) is 16.5 Å². The minimum Gasteiger partial charge on any atom is -0.455 e. The van der Waals surface area contributed by atoms with Crippen LogP contribution in [0.3, 0.4) is 0 Å². The number of amides is 1. The highest BCUT2D eigenvalue weighted by atomic mass is 16.5. The molecule has 1 atom stereocenters. The monoisotopic (exact) mass is 349 g/mol. The van der Waals surface area contributed by atoms with Crippen molar-refractivity contribution in [2.45, 2.75) is 38.8 Å². The van der Waals surface area contributed by atoms with E-state index < -0.39 is 0 Å². The maximum atomic E-state index is 12.8. The molecule has 2 aliphatic rings. The molecule has 140 valence electrons. The van der Waals surface area contributed by atoms with Crippen LogP contribution in [0, 0.1) is 0 Å². The molecule has 1 aromatic heterocycles. The number of hydrogen-bond acceptors (Lipinski definition) is 5. The Morgan fingerprint density at radius 1 is 1.24 bits per heavy atom. The molecule has 0 bridgehead atoms. The minimum absolute atomic E-state index is 0.0266. The summed E-state index contributed by atoms with van der Waals surface area (Å²) in [5.41, 5.74) is 0. The number of furan rings is 1. The molecular formula is C19H31N3O3. The standard InChI is InChI=1S/C19H31N3O3/c1-3-22(15-16-6-4-5-13-24-16)19(23)18-8-7-17(25-18)14-21-11-9-20(2)10-12-21/h7-8,16H,3-6,9-15H2,1-2H3/t16-/m0/s1. The highest BCUT2D eigenvalue weighted by Gasteiger charge is 2.24. The first kappa shape index (κ1) is 18.4. The second-order valence-corrected chi connectivity index (χ2v) is 7.18. The van der Waals surface area contributed by atoms with E-state index >= 15 is 0 Å². The van der Waals surface area contributed by atoms with Gasteiger partial charge in [0.05, 0.1) is 12.6 Å². The second kappa shape index (κ2) is 8.83. The number of rotatable bonds is 6. The Balaban J connectivity index is 1.55. The molecule has 0 spiro atoms. The maximum absolute atomic E-state index is 12.8. The molecule has 0 radical (unpaired) electrons. The number of carbonyl (C=O) groups is 1. The third kappa shape index (κ3) is 5.06. The molecule has 0 aromatic carbocycles. The lowest BCUT2D eigenvalue weighted by molar-refractivity contribution is -0.00374. The lowest BCUT2D eigenvalue weighted by atomic mass is 10.1. The summed E-state index contributed by atoms with van der Waals surface area (Å²) >= 11 is 0. The number of carbonyl (C=O) groups excluding carboxylic acids is 1. The fourth-order valence-electron chi connectivity index (χ4n) is 3.51. The van der Waals surface area contributed by atoms with Crippen LogP contribution in [0.25, 0.3) is 0 Å². The Kier molecular flexibility index (Phi) is 6.51. The number of ether oxygens (including phenoxy) is 1. The molecule has 3 rings (SSSR count). The van der Waals surface area contributed by atoms with E-state index in [1.165, 1.54) is 6.42 Å². The van der Waals surface area contributed by atoms with Crippen LogP contribution < -0.4 is 0 Å². The first-order chi connectivity index (χ1) is 12.2. The minimum atomic E-state index is -0.0266. The van der Waals surface area contributed by atoms with Crippen LogP contribution in [0.5, 0.6) is 0 Å².